The lowest BCUT2D eigenvalue weighted by molar-refractivity contribution is -0.385. The molecule has 19 heavy (non-hydrogen) atoms. The molecule has 1 aromatic heterocycles. The lowest BCUT2D eigenvalue weighted by atomic mass is 10.1. The Hall–Kier alpha value is -2.14. The normalized spacial score (nSPS) is 10.3. The maximum atomic E-state index is 10.5. The number of ether oxygens (including phenoxy) is 1. The van der Waals surface area contributed by atoms with Crippen LogP contribution < -0.4 is 4.74 Å². The van der Waals surface area contributed by atoms with E-state index in [0.29, 0.717) is 16.7 Å². The first kappa shape index (κ1) is 13.3. The first-order chi connectivity index (χ1) is 8.97. The number of hydrogen-bond acceptors (Lipinski definition) is 4. The summed E-state index contributed by atoms with van der Waals surface area (Å²) in [5, 5.41) is 11.2. The van der Waals surface area contributed by atoms with Crippen LogP contribution in [0.5, 0.6) is 11.6 Å². The van der Waals surface area contributed by atoms with Crippen LogP contribution in [0.15, 0.2) is 30.5 Å². The van der Waals surface area contributed by atoms with Crippen LogP contribution in [0.4, 0.5) is 5.69 Å². The van der Waals surface area contributed by atoms with Crippen molar-refractivity contribution in [3.05, 3.63) is 56.7 Å². The SMILES string of the molecule is Cc1cc(Oc2ccc([N+](=O)[O-])cn2)cc(C)c1Cl. The highest BCUT2D eigenvalue weighted by atomic mass is 35.5. The fraction of sp³-hybridized carbons (Fsp3) is 0.154. The van der Waals surface area contributed by atoms with Crippen molar-refractivity contribution in [2.45, 2.75) is 13.8 Å². The van der Waals surface area contributed by atoms with Crippen molar-refractivity contribution in [1.29, 1.82) is 0 Å². The Morgan fingerprint density at radius 1 is 1.26 bits per heavy atom. The van der Waals surface area contributed by atoms with Crippen molar-refractivity contribution >= 4 is 17.3 Å². The van der Waals surface area contributed by atoms with Gasteiger partial charge >= 0.3 is 0 Å². The number of halogens is 1. The van der Waals surface area contributed by atoms with Crippen LogP contribution in [0, 0.1) is 24.0 Å². The van der Waals surface area contributed by atoms with Crippen molar-refractivity contribution in [3.8, 4) is 11.6 Å². The van der Waals surface area contributed by atoms with Gasteiger partial charge in [-0.3, -0.25) is 10.1 Å². The highest BCUT2D eigenvalue weighted by molar-refractivity contribution is 6.32. The lowest BCUT2D eigenvalue weighted by Crippen LogP contribution is -1.92. The molecule has 0 unspecified atom stereocenters. The summed E-state index contributed by atoms with van der Waals surface area (Å²) in [6, 6.07) is 6.38. The van der Waals surface area contributed by atoms with Gasteiger partial charge in [0.1, 0.15) is 11.9 Å². The maximum absolute atomic E-state index is 10.5. The quantitative estimate of drug-likeness (QED) is 0.627. The van der Waals surface area contributed by atoms with Gasteiger partial charge in [-0.1, -0.05) is 11.6 Å². The molecule has 2 aromatic rings. The summed E-state index contributed by atoms with van der Waals surface area (Å²) in [7, 11) is 0. The van der Waals surface area contributed by atoms with Gasteiger partial charge < -0.3 is 4.74 Å². The molecule has 0 aliphatic rings. The molecule has 1 aromatic carbocycles. The van der Waals surface area contributed by atoms with E-state index in [1.54, 1.807) is 12.1 Å². The van der Waals surface area contributed by atoms with Crippen molar-refractivity contribution < 1.29 is 9.66 Å². The molecule has 2 rings (SSSR count). The number of aromatic nitrogens is 1. The third kappa shape index (κ3) is 3.00. The highest BCUT2D eigenvalue weighted by Crippen LogP contribution is 2.28. The largest absolute Gasteiger partial charge is 0.439 e. The number of nitrogens with zero attached hydrogens (tertiary/aromatic N) is 2. The van der Waals surface area contributed by atoms with Gasteiger partial charge in [-0.25, -0.2) is 4.98 Å². The average Bonchev–Trinajstić information content (AvgIpc) is 2.36. The maximum Gasteiger partial charge on any atom is 0.287 e. The Balaban J connectivity index is 2.24. The summed E-state index contributed by atoms with van der Waals surface area (Å²) in [5.41, 5.74) is 1.73. The highest BCUT2D eigenvalue weighted by Gasteiger charge is 2.08. The summed E-state index contributed by atoms with van der Waals surface area (Å²) in [6.07, 6.45) is 1.16. The van der Waals surface area contributed by atoms with E-state index < -0.39 is 4.92 Å². The number of hydrogen-bond donors (Lipinski definition) is 0. The molecular formula is C13H11ClN2O3. The van der Waals surface area contributed by atoms with E-state index >= 15 is 0 Å². The molecule has 1 heterocycles. The number of aryl methyl sites for hydroxylation is 2. The lowest BCUT2D eigenvalue weighted by Gasteiger charge is -2.08. The third-order valence-corrected chi connectivity index (χ3v) is 3.16. The topological polar surface area (TPSA) is 65.3 Å². The van der Waals surface area contributed by atoms with Crippen molar-refractivity contribution in [2.75, 3.05) is 0 Å². The Labute approximate surface area is 115 Å². The Kier molecular flexibility index (Phi) is 3.66. The molecule has 0 amide bonds. The van der Waals surface area contributed by atoms with E-state index in [0.717, 1.165) is 17.3 Å². The zero-order valence-corrected chi connectivity index (χ0v) is 11.1. The minimum atomic E-state index is -0.507. The van der Waals surface area contributed by atoms with E-state index in [2.05, 4.69) is 4.98 Å². The van der Waals surface area contributed by atoms with Gasteiger partial charge in [0.25, 0.3) is 5.69 Å². The first-order valence-corrected chi connectivity index (χ1v) is 5.90. The van der Waals surface area contributed by atoms with Crippen LogP contribution >= 0.6 is 11.6 Å². The first-order valence-electron chi connectivity index (χ1n) is 5.52. The zero-order valence-electron chi connectivity index (χ0n) is 10.4. The summed E-state index contributed by atoms with van der Waals surface area (Å²) in [6.45, 7) is 3.76. The van der Waals surface area contributed by atoms with E-state index in [4.69, 9.17) is 16.3 Å². The van der Waals surface area contributed by atoms with Crippen LogP contribution in [0.3, 0.4) is 0 Å². The van der Waals surface area contributed by atoms with Gasteiger partial charge in [-0.15, -0.1) is 0 Å². The van der Waals surface area contributed by atoms with Crippen LogP contribution in [0.25, 0.3) is 0 Å². The van der Waals surface area contributed by atoms with E-state index in [-0.39, 0.29) is 5.69 Å². The smallest absolute Gasteiger partial charge is 0.287 e. The fourth-order valence-corrected chi connectivity index (χ4v) is 1.74. The van der Waals surface area contributed by atoms with Gasteiger partial charge in [0, 0.05) is 17.2 Å². The van der Waals surface area contributed by atoms with E-state index in [1.807, 2.05) is 13.8 Å². The van der Waals surface area contributed by atoms with Crippen LogP contribution in [0.2, 0.25) is 5.02 Å². The Morgan fingerprint density at radius 3 is 2.37 bits per heavy atom. The molecule has 0 saturated heterocycles. The minimum absolute atomic E-state index is 0.0733. The third-order valence-electron chi connectivity index (χ3n) is 2.56. The van der Waals surface area contributed by atoms with Crippen molar-refractivity contribution in [3.63, 3.8) is 0 Å². The molecule has 5 nitrogen and oxygen atoms in total. The van der Waals surface area contributed by atoms with Gasteiger partial charge in [-0.05, 0) is 37.1 Å². The van der Waals surface area contributed by atoms with Crippen LogP contribution in [-0.4, -0.2) is 9.91 Å². The predicted octanol–water partition coefficient (Wildman–Crippen LogP) is 4.05. The van der Waals surface area contributed by atoms with Crippen molar-refractivity contribution in [2.24, 2.45) is 0 Å². The number of pyridine rings is 1. The molecule has 0 radical (unpaired) electrons. The number of rotatable bonds is 3. The molecule has 0 atom stereocenters. The molecule has 0 saturated carbocycles. The standard InChI is InChI=1S/C13H11ClN2O3/c1-8-5-11(6-9(2)13(8)14)19-12-4-3-10(7-15-12)16(17)18/h3-7H,1-2H3. The van der Waals surface area contributed by atoms with Crippen LogP contribution in [-0.2, 0) is 0 Å². The predicted molar refractivity (Wildman–Crippen MR) is 71.9 cm³/mol. The summed E-state index contributed by atoms with van der Waals surface area (Å²) in [5.74, 6) is 0.896. The zero-order chi connectivity index (χ0) is 14.0. The Bertz CT molecular complexity index is 603. The van der Waals surface area contributed by atoms with E-state index in [1.165, 1.54) is 12.1 Å². The average molecular weight is 279 g/mol. The molecule has 0 spiro atoms. The van der Waals surface area contributed by atoms with E-state index in [9.17, 15) is 10.1 Å². The second-order valence-electron chi connectivity index (χ2n) is 4.08. The molecule has 0 N–H and O–H groups in total. The second kappa shape index (κ2) is 5.24. The molecule has 0 aliphatic heterocycles. The van der Waals surface area contributed by atoms with Crippen LogP contribution in [0.1, 0.15) is 11.1 Å². The number of benzene rings is 1. The second-order valence-corrected chi connectivity index (χ2v) is 4.46. The molecular weight excluding hydrogens is 268 g/mol. The van der Waals surface area contributed by atoms with Gasteiger partial charge in [0.2, 0.25) is 5.88 Å². The molecule has 98 valence electrons. The van der Waals surface area contributed by atoms with Crippen molar-refractivity contribution in [1.82, 2.24) is 4.98 Å². The summed E-state index contributed by atoms with van der Waals surface area (Å²) in [4.78, 5) is 13.9. The summed E-state index contributed by atoms with van der Waals surface area (Å²) < 4.78 is 5.54. The fourth-order valence-electron chi connectivity index (χ4n) is 1.63. The summed E-state index contributed by atoms with van der Waals surface area (Å²) >= 11 is 6.06. The van der Waals surface area contributed by atoms with Gasteiger partial charge in [0.05, 0.1) is 4.92 Å². The van der Waals surface area contributed by atoms with Gasteiger partial charge in [0.15, 0.2) is 0 Å². The Morgan fingerprint density at radius 2 is 1.89 bits per heavy atom. The molecule has 0 fully saturated rings. The van der Waals surface area contributed by atoms with Gasteiger partial charge in [-0.2, -0.15) is 0 Å². The minimum Gasteiger partial charge on any atom is -0.439 e. The molecule has 0 aliphatic carbocycles. The molecule has 6 heteroatoms. The monoisotopic (exact) mass is 278 g/mol. The number of nitro groups is 1. The molecule has 0 bridgehead atoms.